The summed E-state index contributed by atoms with van der Waals surface area (Å²) < 4.78 is 37.5. The summed E-state index contributed by atoms with van der Waals surface area (Å²) in [5.74, 6) is -1.60. The van der Waals surface area contributed by atoms with Gasteiger partial charge in [-0.3, -0.25) is 4.79 Å². The Bertz CT molecular complexity index is 311. The third-order valence-electron chi connectivity index (χ3n) is 4.01. The van der Waals surface area contributed by atoms with E-state index >= 15 is 0 Å². The second-order valence-corrected chi connectivity index (χ2v) is 5.32. The number of rotatable bonds is 1. The van der Waals surface area contributed by atoms with E-state index in [1.807, 2.05) is 0 Å². The van der Waals surface area contributed by atoms with E-state index in [9.17, 15) is 23.1 Å². The zero-order valence-electron chi connectivity index (χ0n) is 10.1. The topological polar surface area (TPSA) is 40.5 Å². The summed E-state index contributed by atoms with van der Waals surface area (Å²) in [6.07, 6.45) is -3.29. The summed E-state index contributed by atoms with van der Waals surface area (Å²) in [6, 6.07) is 0. The van der Waals surface area contributed by atoms with Crippen LogP contribution in [-0.4, -0.2) is 41.3 Å². The standard InChI is InChI=1S/C12H18F3NO2/c13-12(14,15)9-3-1-8(2-4-9)11(18)16-6-5-10(17)7-16/h8-10,17H,1-7H2/t8?,9?,10-/m0/s1. The fourth-order valence-electron chi connectivity index (χ4n) is 2.87. The number of carbonyl (C=O) groups is 1. The fourth-order valence-corrected chi connectivity index (χ4v) is 2.87. The molecular weight excluding hydrogens is 247 g/mol. The highest BCUT2D eigenvalue weighted by molar-refractivity contribution is 5.79. The molecule has 1 aliphatic heterocycles. The van der Waals surface area contributed by atoms with Crippen LogP contribution in [-0.2, 0) is 4.79 Å². The van der Waals surface area contributed by atoms with Gasteiger partial charge in [-0.1, -0.05) is 0 Å². The molecule has 0 aromatic carbocycles. The van der Waals surface area contributed by atoms with Crippen LogP contribution in [0.15, 0.2) is 0 Å². The minimum Gasteiger partial charge on any atom is -0.391 e. The molecule has 0 aromatic heterocycles. The highest BCUT2D eigenvalue weighted by atomic mass is 19.4. The van der Waals surface area contributed by atoms with Crippen LogP contribution in [0.25, 0.3) is 0 Å². The van der Waals surface area contributed by atoms with Gasteiger partial charge < -0.3 is 10.0 Å². The molecular formula is C12H18F3NO2. The lowest BCUT2D eigenvalue weighted by molar-refractivity contribution is -0.185. The van der Waals surface area contributed by atoms with E-state index in [2.05, 4.69) is 0 Å². The molecule has 0 radical (unpaired) electrons. The zero-order valence-corrected chi connectivity index (χ0v) is 10.1. The van der Waals surface area contributed by atoms with Crippen molar-refractivity contribution in [3.8, 4) is 0 Å². The number of aliphatic hydroxyl groups excluding tert-OH is 1. The number of carbonyl (C=O) groups excluding carboxylic acids is 1. The first-order valence-corrected chi connectivity index (χ1v) is 6.41. The molecule has 3 nitrogen and oxygen atoms in total. The average molecular weight is 265 g/mol. The molecule has 1 N–H and O–H groups in total. The van der Waals surface area contributed by atoms with E-state index in [4.69, 9.17) is 0 Å². The van der Waals surface area contributed by atoms with E-state index in [1.165, 1.54) is 0 Å². The molecule has 0 spiro atoms. The van der Waals surface area contributed by atoms with Gasteiger partial charge in [-0.25, -0.2) is 0 Å². The van der Waals surface area contributed by atoms with Crippen molar-refractivity contribution >= 4 is 5.91 Å². The molecule has 1 saturated carbocycles. The second-order valence-electron chi connectivity index (χ2n) is 5.32. The molecule has 1 amide bonds. The molecule has 2 fully saturated rings. The zero-order chi connectivity index (χ0) is 13.3. The van der Waals surface area contributed by atoms with Gasteiger partial charge in [-0.15, -0.1) is 0 Å². The molecule has 0 aromatic rings. The van der Waals surface area contributed by atoms with Gasteiger partial charge in [0.2, 0.25) is 5.91 Å². The highest BCUT2D eigenvalue weighted by Gasteiger charge is 2.43. The fraction of sp³-hybridized carbons (Fsp3) is 0.917. The molecule has 1 aliphatic carbocycles. The van der Waals surface area contributed by atoms with Crippen molar-refractivity contribution in [2.75, 3.05) is 13.1 Å². The normalized spacial score (nSPS) is 33.8. The average Bonchev–Trinajstić information content (AvgIpc) is 2.74. The number of β-amino-alcohol motifs (C(OH)–C–C–N with tert-alkyl or cyclic N) is 1. The number of hydrogen-bond acceptors (Lipinski definition) is 2. The lowest BCUT2D eigenvalue weighted by Gasteiger charge is -2.31. The lowest BCUT2D eigenvalue weighted by atomic mass is 9.81. The quantitative estimate of drug-likeness (QED) is 0.787. The van der Waals surface area contributed by atoms with Crippen molar-refractivity contribution in [2.45, 2.75) is 44.4 Å². The predicted octanol–water partition coefficient (Wildman–Crippen LogP) is 1.95. The number of likely N-dealkylation sites (tertiary alicyclic amines) is 1. The number of hydrogen-bond donors (Lipinski definition) is 1. The van der Waals surface area contributed by atoms with Crippen molar-refractivity contribution in [3.63, 3.8) is 0 Å². The Morgan fingerprint density at radius 3 is 2.17 bits per heavy atom. The largest absolute Gasteiger partial charge is 0.391 e. The van der Waals surface area contributed by atoms with Crippen LogP contribution in [0.3, 0.4) is 0 Å². The highest BCUT2D eigenvalue weighted by Crippen LogP contribution is 2.40. The van der Waals surface area contributed by atoms with E-state index in [1.54, 1.807) is 4.90 Å². The van der Waals surface area contributed by atoms with Gasteiger partial charge in [0.05, 0.1) is 12.0 Å². The number of aliphatic hydroxyl groups is 1. The molecule has 0 unspecified atom stereocenters. The SMILES string of the molecule is O=C(C1CCC(C(F)(F)F)CC1)N1CC[C@H](O)C1. The molecule has 1 heterocycles. The Kier molecular flexibility index (Phi) is 3.84. The summed E-state index contributed by atoms with van der Waals surface area (Å²) in [5.41, 5.74) is 0. The Hall–Kier alpha value is -0.780. The number of nitrogens with zero attached hydrogens (tertiary/aromatic N) is 1. The molecule has 2 rings (SSSR count). The Morgan fingerprint density at radius 1 is 1.11 bits per heavy atom. The summed E-state index contributed by atoms with van der Waals surface area (Å²) in [7, 11) is 0. The first kappa shape index (κ1) is 13.6. The summed E-state index contributed by atoms with van der Waals surface area (Å²) >= 11 is 0. The molecule has 104 valence electrons. The van der Waals surface area contributed by atoms with Gasteiger partial charge in [0.15, 0.2) is 0 Å². The number of halogens is 3. The van der Waals surface area contributed by atoms with E-state index in [0.717, 1.165) is 0 Å². The van der Waals surface area contributed by atoms with Gasteiger partial charge in [0.1, 0.15) is 0 Å². The first-order chi connectivity index (χ1) is 8.38. The maximum atomic E-state index is 12.5. The number of alkyl halides is 3. The van der Waals surface area contributed by atoms with Crippen molar-refractivity contribution in [3.05, 3.63) is 0 Å². The van der Waals surface area contributed by atoms with Crippen LogP contribution in [0.5, 0.6) is 0 Å². The van der Waals surface area contributed by atoms with Crippen LogP contribution in [0.4, 0.5) is 13.2 Å². The predicted molar refractivity (Wildman–Crippen MR) is 58.7 cm³/mol. The lowest BCUT2D eigenvalue weighted by Crippen LogP contribution is -2.38. The van der Waals surface area contributed by atoms with E-state index < -0.39 is 18.2 Å². The number of amides is 1. The third kappa shape index (κ3) is 2.96. The van der Waals surface area contributed by atoms with E-state index in [-0.39, 0.29) is 24.7 Å². The van der Waals surface area contributed by atoms with Crippen molar-refractivity contribution in [1.29, 1.82) is 0 Å². The van der Waals surface area contributed by atoms with Gasteiger partial charge >= 0.3 is 6.18 Å². The van der Waals surface area contributed by atoms with Crippen LogP contribution < -0.4 is 0 Å². The summed E-state index contributed by atoms with van der Waals surface area (Å²) in [4.78, 5) is 13.6. The molecule has 1 saturated heterocycles. The molecule has 1 atom stereocenters. The van der Waals surface area contributed by atoms with E-state index in [0.29, 0.717) is 32.4 Å². The van der Waals surface area contributed by atoms with Crippen molar-refractivity contribution in [2.24, 2.45) is 11.8 Å². The summed E-state index contributed by atoms with van der Waals surface area (Å²) in [6.45, 7) is 0.858. The van der Waals surface area contributed by atoms with Crippen LogP contribution in [0.1, 0.15) is 32.1 Å². The Balaban J connectivity index is 1.84. The van der Waals surface area contributed by atoms with Crippen LogP contribution in [0, 0.1) is 11.8 Å². The van der Waals surface area contributed by atoms with Crippen LogP contribution in [0.2, 0.25) is 0 Å². The van der Waals surface area contributed by atoms with Crippen LogP contribution >= 0.6 is 0 Å². The monoisotopic (exact) mass is 265 g/mol. The molecule has 2 aliphatic rings. The second kappa shape index (κ2) is 5.07. The third-order valence-corrected chi connectivity index (χ3v) is 4.01. The molecule has 6 heteroatoms. The van der Waals surface area contributed by atoms with Crippen molar-refractivity contribution < 1.29 is 23.1 Å². The Morgan fingerprint density at radius 2 is 1.72 bits per heavy atom. The van der Waals surface area contributed by atoms with Gasteiger partial charge in [0.25, 0.3) is 0 Å². The Labute approximate surface area is 104 Å². The minimum atomic E-state index is -4.13. The maximum absolute atomic E-state index is 12.5. The smallest absolute Gasteiger partial charge is 0.391 e. The van der Waals surface area contributed by atoms with Gasteiger partial charge in [0, 0.05) is 19.0 Å². The first-order valence-electron chi connectivity index (χ1n) is 6.41. The summed E-state index contributed by atoms with van der Waals surface area (Å²) in [5, 5.41) is 9.35. The van der Waals surface area contributed by atoms with Gasteiger partial charge in [-0.05, 0) is 32.1 Å². The van der Waals surface area contributed by atoms with Gasteiger partial charge in [-0.2, -0.15) is 13.2 Å². The molecule has 18 heavy (non-hydrogen) atoms. The molecule has 0 bridgehead atoms. The minimum absolute atomic E-state index is 0.0519. The van der Waals surface area contributed by atoms with Crippen molar-refractivity contribution in [1.82, 2.24) is 4.90 Å². The maximum Gasteiger partial charge on any atom is 0.391 e.